The number of hydrazine groups is 1. The van der Waals surface area contributed by atoms with Gasteiger partial charge >= 0.3 is 0 Å². The van der Waals surface area contributed by atoms with E-state index in [1.54, 1.807) is 0 Å². The second-order valence-corrected chi connectivity index (χ2v) is 7.10. The highest BCUT2D eigenvalue weighted by Crippen LogP contribution is 2.31. The number of nitrogens with one attached hydrogen (secondary N) is 1. The SMILES string of the molecule is CCOC(C(CCC1CCCCC1)NN)C(C)(C)C. The highest BCUT2D eigenvalue weighted by molar-refractivity contribution is 4.86. The van der Waals surface area contributed by atoms with Crippen molar-refractivity contribution in [1.29, 1.82) is 0 Å². The minimum absolute atomic E-state index is 0.125. The van der Waals surface area contributed by atoms with Crippen LogP contribution in [0.2, 0.25) is 0 Å². The molecule has 2 unspecified atom stereocenters. The zero-order valence-corrected chi connectivity index (χ0v) is 13.4. The zero-order chi connectivity index (χ0) is 14.3. The quantitative estimate of drug-likeness (QED) is 0.548. The Balaban J connectivity index is 2.48. The number of hydrogen-bond acceptors (Lipinski definition) is 3. The largest absolute Gasteiger partial charge is 0.376 e. The Bertz CT molecular complexity index is 231. The van der Waals surface area contributed by atoms with Crippen molar-refractivity contribution in [3.05, 3.63) is 0 Å². The molecule has 1 aliphatic rings. The molecule has 114 valence electrons. The Morgan fingerprint density at radius 2 is 1.84 bits per heavy atom. The molecule has 0 bridgehead atoms. The molecule has 1 saturated carbocycles. The molecule has 0 aromatic rings. The predicted molar refractivity (Wildman–Crippen MR) is 81.8 cm³/mol. The number of hydrogen-bond donors (Lipinski definition) is 2. The molecule has 0 radical (unpaired) electrons. The zero-order valence-electron chi connectivity index (χ0n) is 13.4. The molecule has 0 saturated heterocycles. The van der Waals surface area contributed by atoms with Gasteiger partial charge in [0, 0.05) is 12.6 Å². The first-order valence-electron chi connectivity index (χ1n) is 8.06. The van der Waals surface area contributed by atoms with E-state index in [9.17, 15) is 0 Å². The Morgan fingerprint density at radius 3 is 2.32 bits per heavy atom. The fraction of sp³-hybridized carbons (Fsp3) is 1.00. The summed E-state index contributed by atoms with van der Waals surface area (Å²) in [6, 6.07) is 0.266. The van der Waals surface area contributed by atoms with Crippen molar-refractivity contribution in [2.75, 3.05) is 6.61 Å². The van der Waals surface area contributed by atoms with Crippen LogP contribution in [0, 0.1) is 11.3 Å². The van der Waals surface area contributed by atoms with Crippen molar-refractivity contribution >= 4 is 0 Å². The lowest BCUT2D eigenvalue weighted by atomic mass is 9.80. The fourth-order valence-corrected chi connectivity index (χ4v) is 3.36. The number of nitrogens with two attached hydrogens (primary N) is 1. The van der Waals surface area contributed by atoms with E-state index in [2.05, 4.69) is 33.1 Å². The van der Waals surface area contributed by atoms with Crippen molar-refractivity contribution in [2.45, 2.75) is 84.8 Å². The van der Waals surface area contributed by atoms with E-state index in [1.807, 2.05) is 0 Å². The summed E-state index contributed by atoms with van der Waals surface area (Å²) in [7, 11) is 0. The molecule has 0 heterocycles. The smallest absolute Gasteiger partial charge is 0.0789 e. The minimum Gasteiger partial charge on any atom is -0.376 e. The summed E-state index contributed by atoms with van der Waals surface area (Å²) in [6.07, 6.45) is 9.68. The van der Waals surface area contributed by atoms with Gasteiger partial charge in [-0.3, -0.25) is 11.3 Å². The maximum atomic E-state index is 5.96. The molecule has 19 heavy (non-hydrogen) atoms. The molecular weight excluding hydrogens is 236 g/mol. The van der Waals surface area contributed by atoms with Gasteiger partial charge in [-0.2, -0.15) is 0 Å². The van der Waals surface area contributed by atoms with E-state index >= 15 is 0 Å². The monoisotopic (exact) mass is 270 g/mol. The fourth-order valence-electron chi connectivity index (χ4n) is 3.36. The Labute approximate surface area is 119 Å². The van der Waals surface area contributed by atoms with Gasteiger partial charge in [0.05, 0.1) is 6.10 Å². The topological polar surface area (TPSA) is 47.3 Å². The summed E-state index contributed by atoms with van der Waals surface area (Å²) in [6.45, 7) is 9.52. The van der Waals surface area contributed by atoms with Crippen molar-refractivity contribution in [3.63, 3.8) is 0 Å². The predicted octanol–water partition coefficient (Wildman–Crippen LogP) is 3.63. The standard InChI is InChI=1S/C16H34N2O/c1-5-19-15(16(2,3)4)14(18-17)12-11-13-9-7-6-8-10-13/h13-15,18H,5-12,17H2,1-4H3. The van der Waals surface area contributed by atoms with Crippen LogP contribution < -0.4 is 11.3 Å². The highest BCUT2D eigenvalue weighted by atomic mass is 16.5. The van der Waals surface area contributed by atoms with E-state index in [-0.39, 0.29) is 17.6 Å². The van der Waals surface area contributed by atoms with Gasteiger partial charge < -0.3 is 4.74 Å². The van der Waals surface area contributed by atoms with Crippen LogP contribution >= 0.6 is 0 Å². The second kappa shape index (κ2) is 8.23. The van der Waals surface area contributed by atoms with Gasteiger partial charge in [-0.15, -0.1) is 0 Å². The molecule has 0 aliphatic heterocycles. The summed E-state index contributed by atoms with van der Waals surface area (Å²) < 4.78 is 5.96. The van der Waals surface area contributed by atoms with Gasteiger partial charge in [-0.25, -0.2) is 0 Å². The lowest BCUT2D eigenvalue weighted by molar-refractivity contribution is -0.0387. The first-order chi connectivity index (χ1) is 8.99. The van der Waals surface area contributed by atoms with Crippen LogP contribution in [0.3, 0.4) is 0 Å². The summed E-state index contributed by atoms with van der Waals surface area (Å²) in [4.78, 5) is 0. The average molecular weight is 270 g/mol. The summed E-state index contributed by atoms with van der Waals surface area (Å²) >= 11 is 0. The van der Waals surface area contributed by atoms with Gasteiger partial charge in [0.1, 0.15) is 0 Å². The molecule has 0 spiro atoms. The van der Waals surface area contributed by atoms with Crippen LogP contribution in [-0.4, -0.2) is 18.8 Å². The van der Waals surface area contributed by atoms with Crippen molar-refractivity contribution in [1.82, 2.24) is 5.43 Å². The number of rotatable bonds is 7. The van der Waals surface area contributed by atoms with Crippen LogP contribution in [0.1, 0.15) is 72.6 Å². The van der Waals surface area contributed by atoms with E-state index in [4.69, 9.17) is 10.6 Å². The Morgan fingerprint density at radius 1 is 1.21 bits per heavy atom. The molecule has 3 N–H and O–H groups in total. The van der Waals surface area contributed by atoms with Crippen LogP contribution in [0.4, 0.5) is 0 Å². The first kappa shape index (κ1) is 16.9. The summed E-state index contributed by atoms with van der Waals surface area (Å²) in [5.74, 6) is 6.70. The average Bonchev–Trinajstić information content (AvgIpc) is 2.38. The molecule has 2 atom stereocenters. The third-order valence-corrected chi connectivity index (χ3v) is 4.39. The maximum absolute atomic E-state index is 5.96. The molecule has 0 amide bonds. The third-order valence-electron chi connectivity index (χ3n) is 4.39. The lowest BCUT2D eigenvalue weighted by Crippen LogP contribution is -2.51. The third kappa shape index (κ3) is 5.80. The minimum atomic E-state index is 0.125. The molecule has 1 fully saturated rings. The van der Waals surface area contributed by atoms with Gasteiger partial charge in [-0.05, 0) is 31.1 Å². The van der Waals surface area contributed by atoms with Gasteiger partial charge in [-0.1, -0.05) is 52.9 Å². The van der Waals surface area contributed by atoms with Gasteiger partial charge in [0.15, 0.2) is 0 Å². The van der Waals surface area contributed by atoms with E-state index < -0.39 is 0 Å². The van der Waals surface area contributed by atoms with Crippen LogP contribution in [-0.2, 0) is 4.74 Å². The van der Waals surface area contributed by atoms with Crippen LogP contribution in [0.15, 0.2) is 0 Å². The Kier molecular flexibility index (Phi) is 7.33. The van der Waals surface area contributed by atoms with Crippen molar-refractivity contribution < 1.29 is 4.74 Å². The van der Waals surface area contributed by atoms with Crippen LogP contribution in [0.25, 0.3) is 0 Å². The Hall–Kier alpha value is -0.120. The van der Waals surface area contributed by atoms with Gasteiger partial charge in [0.2, 0.25) is 0 Å². The van der Waals surface area contributed by atoms with E-state index in [0.29, 0.717) is 0 Å². The molecular formula is C16H34N2O. The van der Waals surface area contributed by atoms with Crippen molar-refractivity contribution in [3.8, 4) is 0 Å². The van der Waals surface area contributed by atoms with Crippen molar-refractivity contribution in [2.24, 2.45) is 17.2 Å². The van der Waals surface area contributed by atoms with E-state index in [1.165, 1.54) is 38.5 Å². The lowest BCUT2D eigenvalue weighted by Gasteiger charge is -2.37. The summed E-state index contributed by atoms with van der Waals surface area (Å²) in [5, 5.41) is 0. The molecule has 1 rings (SSSR count). The molecule has 3 heteroatoms. The molecule has 1 aliphatic carbocycles. The normalized spacial score (nSPS) is 21.3. The van der Waals surface area contributed by atoms with Crippen LogP contribution in [0.5, 0.6) is 0 Å². The first-order valence-corrected chi connectivity index (χ1v) is 8.06. The molecule has 3 nitrogen and oxygen atoms in total. The maximum Gasteiger partial charge on any atom is 0.0789 e. The molecule has 0 aromatic carbocycles. The molecule has 0 aromatic heterocycles. The highest BCUT2D eigenvalue weighted by Gasteiger charge is 2.32. The van der Waals surface area contributed by atoms with E-state index in [0.717, 1.165) is 18.9 Å². The summed E-state index contributed by atoms with van der Waals surface area (Å²) in [5.41, 5.74) is 3.13. The number of ether oxygens (including phenoxy) is 1. The van der Waals surface area contributed by atoms with Gasteiger partial charge in [0.25, 0.3) is 0 Å². The second-order valence-electron chi connectivity index (χ2n) is 7.10.